The number of aromatic nitrogens is 1. The third-order valence-electron chi connectivity index (χ3n) is 5.03. The molecule has 2 aromatic carbocycles. The van der Waals surface area contributed by atoms with Crippen LogP contribution in [-0.2, 0) is 19.4 Å². The molecule has 1 aromatic heterocycles. The summed E-state index contributed by atoms with van der Waals surface area (Å²) in [4.78, 5) is 19.2. The van der Waals surface area contributed by atoms with Crippen molar-refractivity contribution in [1.29, 1.82) is 0 Å². The molecule has 1 aliphatic heterocycles. The molecule has 1 atom stereocenters. The van der Waals surface area contributed by atoms with E-state index in [0.29, 0.717) is 28.0 Å². The van der Waals surface area contributed by atoms with Gasteiger partial charge in [-0.05, 0) is 49.2 Å². The molecule has 0 N–H and O–H groups in total. The first-order valence-corrected chi connectivity index (χ1v) is 12.6. The first kappa shape index (κ1) is 22.0. The number of methoxy groups -OCH3 is 1. The molecule has 0 bridgehead atoms. The molecule has 1 amide bonds. The van der Waals surface area contributed by atoms with E-state index in [1.165, 1.54) is 35.5 Å². The lowest BCUT2D eigenvalue weighted by Crippen LogP contribution is -2.40. The second-order valence-electron chi connectivity index (χ2n) is 7.16. The number of hydrogen-bond donors (Lipinski definition) is 0. The van der Waals surface area contributed by atoms with E-state index in [9.17, 15) is 13.2 Å². The van der Waals surface area contributed by atoms with Gasteiger partial charge in [0.25, 0.3) is 0 Å². The van der Waals surface area contributed by atoms with Gasteiger partial charge >= 0.3 is 0 Å². The predicted molar refractivity (Wildman–Crippen MR) is 121 cm³/mol. The number of amides is 1. The summed E-state index contributed by atoms with van der Waals surface area (Å²) >= 11 is 7.55. The number of rotatable bonds is 7. The second kappa shape index (κ2) is 9.12. The van der Waals surface area contributed by atoms with Gasteiger partial charge in [-0.15, -0.1) is 0 Å². The maximum absolute atomic E-state index is 13.2. The Hall–Kier alpha value is -2.20. The number of halogens is 1. The average molecular weight is 481 g/mol. The van der Waals surface area contributed by atoms with Crippen molar-refractivity contribution in [3.8, 4) is 5.75 Å². The standard InChI is InChI=1S/C21H21ClN2O5S2/c1-28-14-7-9-16(10-8-14)31(26,27)13-19(25)24(12-15-4-3-11-29-15)21-23-20-17(22)5-2-6-18(20)30-21/h2,5-10,15H,3-4,11-13H2,1H3. The molecule has 1 saturated heterocycles. The van der Waals surface area contributed by atoms with Crippen molar-refractivity contribution in [3.63, 3.8) is 0 Å². The smallest absolute Gasteiger partial charge is 0.244 e. The molecule has 4 rings (SSSR count). The van der Waals surface area contributed by atoms with Gasteiger partial charge in [0.2, 0.25) is 5.91 Å². The number of carbonyl (C=O) groups excluding carboxylic acids is 1. The maximum atomic E-state index is 13.2. The van der Waals surface area contributed by atoms with Crippen LogP contribution in [0.15, 0.2) is 47.4 Å². The number of hydrogen-bond acceptors (Lipinski definition) is 7. The molecule has 1 unspecified atom stereocenters. The number of sulfone groups is 1. The zero-order valence-electron chi connectivity index (χ0n) is 16.8. The monoisotopic (exact) mass is 480 g/mol. The van der Waals surface area contributed by atoms with Gasteiger partial charge in [-0.25, -0.2) is 13.4 Å². The van der Waals surface area contributed by atoms with Crippen LogP contribution in [-0.4, -0.2) is 51.4 Å². The fourth-order valence-electron chi connectivity index (χ4n) is 3.40. The molecule has 0 spiro atoms. The quantitative estimate of drug-likeness (QED) is 0.509. The summed E-state index contributed by atoms with van der Waals surface area (Å²) in [5.74, 6) is -0.687. The lowest BCUT2D eigenvalue weighted by Gasteiger charge is -2.23. The Morgan fingerprint density at radius 2 is 2.06 bits per heavy atom. The highest BCUT2D eigenvalue weighted by Gasteiger charge is 2.30. The van der Waals surface area contributed by atoms with Crippen molar-refractivity contribution in [2.45, 2.75) is 23.8 Å². The van der Waals surface area contributed by atoms with Crippen LogP contribution in [0.4, 0.5) is 5.13 Å². The van der Waals surface area contributed by atoms with Gasteiger partial charge in [0.1, 0.15) is 17.0 Å². The summed E-state index contributed by atoms with van der Waals surface area (Å²) in [5, 5.41) is 0.893. The number of nitrogens with zero attached hydrogens (tertiary/aromatic N) is 2. The molecular weight excluding hydrogens is 460 g/mol. The van der Waals surface area contributed by atoms with Crippen LogP contribution >= 0.6 is 22.9 Å². The Balaban J connectivity index is 1.63. The summed E-state index contributed by atoms with van der Waals surface area (Å²) in [6.45, 7) is 0.872. The SMILES string of the molecule is COc1ccc(S(=O)(=O)CC(=O)N(CC2CCCO2)c2nc3c(Cl)cccc3s2)cc1. The summed E-state index contributed by atoms with van der Waals surface area (Å²) < 4.78 is 37.3. The minimum absolute atomic E-state index is 0.0612. The van der Waals surface area contributed by atoms with E-state index in [1.54, 1.807) is 18.2 Å². The number of thiazole rings is 1. The number of carbonyl (C=O) groups is 1. The lowest BCUT2D eigenvalue weighted by molar-refractivity contribution is -0.116. The Morgan fingerprint density at radius 3 is 2.71 bits per heavy atom. The highest BCUT2D eigenvalue weighted by molar-refractivity contribution is 7.92. The Morgan fingerprint density at radius 1 is 1.29 bits per heavy atom. The molecule has 164 valence electrons. The number of para-hydroxylation sites is 1. The Kier molecular flexibility index (Phi) is 6.47. The molecule has 10 heteroatoms. The fraction of sp³-hybridized carbons (Fsp3) is 0.333. The molecule has 0 aliphatic carbocycles. The van der Waals surface area contributed by atoms with Gasteiger partial charge < -0.3 is 9.47 Å². The molecular formula is C21H21ClN2O5S2. The molecule has 3 aromatic rings. The molecule has 1 aliphatic rings. The van der Waals surface area contributed by atoms with Crippen molar-refractivity contribution in [3.05, 3.63) is 47.5 Å². The highest BCUT2D eigenvalue weighted by atomic mass is 35.5. The van der Waals surface area contributed by atoms with Crippen molar-refractivity contribution in [2.75, 3.05) is 30.9 Å². The number of fused-ring (bicyclic) bond motifs is 1. The number of benzene rings is 2. The topological polar surface area (TPSA) is 85.8 Å². The van der Waals surface area contributed by atoms with Crippen LogP contribution in [0.1, 0.15) is 12.8 Å². The van der Waals surface area contributed by atoms with E-state index in [-0.39, 0.29) is 17.5 Å². The molecule has 2 heterocycles. The first-order valence-electron chi connectivity index (χ1n) is 9.71. The van der Waals surface area contributed by atoms with Crippen LogP contribution in [0.5, 0.6) is 5.75 Å². The van der Waals surface area contributed by atoms with Crippen molar-refractivity contribution >= 4 is 54.0 Å². The predicted octanol–water partition coefficient (Wildman–Crippen LogP) is 3.94. The van der Waals surface area contributed by atoms with Gasteiger partial charge in [-0.3, -0.25) is 9.69 Å². The zero-order valence-corrected chi connectivity index (χ0v) is 19.2. The Labute approximate surface area is 189 Å². The number of anilines is 1. The van der Waals surface area contributed by atoms with E-state index in [1.807, 2.05) is 12.1 Å². The van der Waals surface area contributed by atoms with Crippen molar-refractivity contribution in [2.24, 2.45) is 0 Å². The lowest BCUT2D eigenvalue weighted by atomic mass is 10.2. The van der Waals surface area contributed by atoms with Gasteiger partial charge in [0.15, 0.2) is 15.0 Å². The van der Waals surface area contributed by atoms with E-state index < -0.39 is 21.5 Å². The molecule has 31 heavy (non-hydrogen) atoms. The number of ether oxygens (including phenoxy) is 2. The molecule has 1 fully saturated rings. The summed E-state index contributed by atoms with van der Waals surface area (Å²) in [6.07, 6.45) is 1.55. The van der Waals surface area contributed by atoms with E-state index in [0.717, 1.165) is 17.5 Å². The van der Waals surface area contributed by atoms with Gasteiger partial charge in [-0.2, -0.15) is 0 Å². The second-order valence-corrected chi connectivity index (χ2v) is 10.6. The summed E-state index contributed by atoms with van der Waals surface area (Å²) in [5.41, 5.74) is 0.590. The molecule has 0 radical (unpaired) electrons. The van der Waals surface area contributed by atoms with Crippen molar-refractivity contribution in [1.82, 2.24) is 4.98 Å². The van der Waals surface area contributed by atoms with Gasteiger partial charge in [-0.1, -0.05) is 29.0 Å². The van der Waals surface area contributed by atoms with Crippen molar-refractivity contribution < 1.29 is 22.7 Å². The third-order valence-corrected chi connectivity index (χ3v) is 8.00. The highest BCUT2D eigenvalue weighted by Crippen LogP contribution is 2.33. The first-order chi connectivity index (χ1) is 14.9. The van der Waals surface area contributed by atoms with E-state index in [2.05, 4.69) is 4.98 Å². The molecule has 0 saturated carbocycles. The maximum Gasteiger partial charge on any atom is 0.244 e. The van der Waals surface area contributed by atoms with Gasteiger partial charge in [0.05, 0.1) is 34.4 Å². The Bertz CT molecular complexity index is 1190. The largest absolute Gasteiger partial charge is 0.497 e. The fourth-order valence-corrected chi connectivity index (χ4v) is 5.89. The summed E-state index contributed by atoms with van der Waals surface area (Å²) in [7, 11) is -2.35. The van der Waals surface area contributed by atoms with Crippen LogP contribution in [0, 0.1) is 0 Å². The van der Waals surface area contributed by atoms with Crippen LogP contribution < -0.4 is 9.64 Å². The minimum atomic E-state index is -3.85. The third kappa shape index (κ3) is 4.85. The van der Waals surface area contributed by atoms with E-state index in [4.69, 9.17) is 21.1 Å². The zero-order chi connectivity index (χ0) is 22.0. The minimum Gasteiger partial charge on any atom is -0.497 e. The van der Waals surface area contributed by atoms with Crippen LogP contribution in [0.2, 0.25) is 5.02 Å². The van der Waals surface area contributed by atoms with Crippen LogP contribution in [0.3, 0.4) is 0 Å². The molecule has 7 nitrogen and oxygen atoms in total. The summed E-state index contributed by atoms with van der Waals surface area (Å²) in [6, 6.07) is 11.4. The van der Waals surface area contributed by atoms with Crippen LogP contribution in [0.25, 0.3) is 10.2 Å². The average Bonchev–Trinajstić information content (AvgIpc) is 3.42. The van der Waals surface area contributed by atoms with E-state index >= 15 is 0 Å². The normalized spacial score (nSPS) is 16.5. The van der Waals surface area contributed by atoms with Gasteiger partial charge in [0, 0.05) is 6.61 Å².